The van der Waals surface area contributed by atoms with E-state index in [0.29, 0.717) is 24.2 Å². The van der Waals surface area contributed by atoms with E-state index in [-0.39, 0.29) is 18.8 Å². The molecule has 158 valence electrons. The summed E-state index contributed by atoms with van der Waals surface area (Å²) in [6, 6.07) is 7.76. The van der Waals surface area contributed by atoms with Crippen LogP contribution in [-0.2, 0) is 27.5 Å². The molecule has 0 spiro atoms. The second-order valence-corrected chi connectivity index (χ2v) is 8.66. The summed E-state index contributed by atoms with van der Waals surface area (Å²) in [4.78, 5) is 15.0. The molecule has 1 aromatic rings. The largest absolute Gasteiger partial charge is 0.459 e. The van der Waals surface area contributed by atoms with E-state index in [0.717, 1.165) is 43.5 Å². The molecule has 1 aliphatic carbocycles. The third kappa shape index (κ3) is 5.20. The Bertz CT molecular complexity index is 702. The predicted molar refractivity (Wildman–Crippen MR) is 111 cm³/mol. The fourth-order valence-electron chi connectivity index (χ4n) is 4.83. The van der Waals surface area contributed by atoms with E-state index in [9.17, 15) is 9.90 Å². The predicted octanol–water partition coefficient (Wildman–Crippen LogP) is 4.14. The number of likely N-dealkylation sites (tertiary alicyclic amines) is 1. The molecular weight excluding hydrogens is 366 g/mol. The number of amides is 1. The molecule has 3 aliphatic rings. The average Bonchev–Trinajstić information content (AvgIpc) is 3.33. The van der Waals surface area contributed by atoms with E-state index >= 15 is 0 Å². The number of carbonyl (C=O) groups excluding carboxylic acids is 1. The van der Waals surface area contributed by atoms with Gasteiger partial charge in [0.15, 0.2) is 5.76 Å². The first-order valence-corrected chi connectivity index (χ1v) is 11.2. The van der Waals surface area contributed by atoms with Crippen LogP contribution in [0, 0.1) is 11.8 Å². The maximum Gasteiger partial charge on any atom is 0.288 e. The normalized spacial score (nSPS) is 25.6. The molecule has 0 bridgehead atoms. The summed E-state index contributed by atoms with van der Waals surface area (Å²) in [6.45, 7) is 2.15. The van der Waals surface area contributed by atoms with Gasteiger partial charge in [0.05, 0.1) is 13.2 Å². The fourth-order valence-corrected chi connectivity index (χ4v) is 4.83. The number of aliphatic hydroxyl groups is 1. The SMILES string of the molecule is O=C(C1=C[C@@H](C2CCCC2)C[C@@H](OCc2ccc(CO)cc2)O1)N1CCCCC1. The number of piperidine rings is 1. The average molecular weight is 400 g/mol. The van der Waals surface area contributed by atoms with Crippen molar-refractivity contribution < 1.29 is 19.4 Å². The smallest absolute Gasteiger partial charge is 0.288 e. The lowest BCUT2D eigenvalue weighted by Gasteiger charge is -2.34. The monoisotopic (exact) mass is 399 g/mol. The Morgan fingerprint density at radius 1 is 1.03 bits per heavy atom. The van der Waals surface area contributed by atoms with Gasteiger partial charge in [-0.3, -0.25) is 4.79 Å². The van der Waals surface area contributed by atoms with E-state index < -0.39 is 0 Å². The highest BCUT2D eigenvalue weighted by Gasteiger charge is 2.35. The number of carbonyl (C=O) groups is 1. The molecule has 1 N–H and O–H groups in total. The van der Waals surface area contributed by atoms with Gasteiger partial charge in [-0.15, -0.1) is 0 Å². The van der Waals surface area contributed by atoms with E-state index in [1.165, 1.54) is 32.1 Å². The highest BCUT2D eigenvalue weighted by molar-refractivity contribution is 5.91. The van der Waals surface area contributed by atoms with Crippen molar-refractivity contribution in [3.05, 3.63) is 47.2 Å². The molecule has 4 rings (SSSR count). The van der Waals surface area contributed by atoms with Crippen molar-refractivity contribution in [3.8, 4) is 0 Å². The number of nitrogens with zero attached hydrogens (tertiary/aromatic N) is 1. The number of hydrogen-bond donors (Lipinski definition) is 1. The minimum Gasteiger partial charge on any atom is -0.459 e. The number of hydrogen-bond acceptors (Lipinski definition) is 4. The van der Waals surface area contributed by atoms with Crippen LogP contribution in [0.5, 0.6) is 0 Å². The Morgan fingerprint density at radius 2 is 1.72 bits per heavy atom. The summed E-state index contributed by atoms with van der Waals surface area (Å²) in [5.41, 5.74) is 1.93. The maximum absolute atomic E-state index is 13.1. The first-order valence-electron chi connectivity index (χ1n) is 11.2. The third-order valence-corrected chi connectivity index (χ3v) is 6.59. The lowest BCUT2D eigenvalue weighted by atomic mass is 9.86. The second-order valence-electron chi connectivity index (χ2n) is 8.66. The first-order chi connectivity index (χ1) is 14.2. The molecule has 1 amide bonds. The van der Waals surface area contributed by atoms with Gasteiger partial charge in [0.25, 0.3) is 5.91 Å². The third-order valence-electron chi connectivity index (χ3n) is 6.59. The van der Waals surface area contributed by atoms with Crippen LogP contribution in [0.1, 0.15) is 62.5 Å². The Balaban J connectivity index is 1.43. The van der Waals surface area contributed by atoms with E-state index in [1.54, 1.807) is 0 Å². The summed E-state index contributed by atoms with van der Waals surface area (Å²) < 4.78 is 12.2. The van der Waals surface area contributed by atoms with Crippen molar-refractivity contribution in [1.82, 2.24) is 4.90 Å². The van der Waals surface area contributed by atoms with Crippen molar-refractivity contribution in [2.24, 2.45) is 11.8 Å². The maximum atomic E-state index is 13.1. The molecule has 2 aliphatic heterocycles. The van der Waals surface area contributed by atoms with Crippen LogP contribution in [0.3, 0.4) is 0 Å². The molecule has 5 heteroatoms. The number of rotatable bonds is 6. The minimum absolute atomic E-state index is 0.0355. The fraction of sp³-hybridized carbons (Fsp3) is 0.625. The van der Waals surface area contributed by atoms with Gasteiger partial charge in [0, 0.05) is 19.5 Å². The lowest BCUT2D eigenvalue weighted by Crippen LogP contribution is -2.40. The minimum atomic E-state index is -0.383. The zero-order chi connectivity index (χ0) is 20.1. The molecule has 0 aromatic heterocycles. The Morgan fingerprint density at radius 3 is 2.41 bits per heavy atom. The molecule has 1 aromatic carbocycles. The highest BCUT2D eigenvalue weighted by atomic mass is 16.7. The topological polar surface area (TPSA) is 59.0 Å². The Labute approximate surface area is 173 Å². The number of benzene rings is 1. The molecule has 5 nitrogen and oxygen atoms in total. The summed E-state index contributed by atoms with van der Waals surface area (Å²) in [6.07, 6.45) is 10.9. The van der Waals surface area contributed by atoms with Crippen LogP contribution in [0.4, 0.5) is 0 Å². The summed E-state index contributed by atoms with van der Waals surface area (Å²) in [5.74, 6) is 1.53. The van der Waals surface area contributed by atoms with Gasteiger partial charge in [-0.1, -0.05) is 37.1 Å². The summed E-state index contributed by atoms with van der Waals surface area (Å²) >= 11 is 0. The van der Waals surface area contributed by atoms with E-state index in [4.69, 9.17) is 9.47 Å². The van der Waals surface area contributed by atoms with Gasteiger partial charge in [0.1, 0.15) is 0 Å². The first kappa shape index (κ1) is 20.4. The number of allylic oxidation sites excluding steroid dienone is 1. The Hall–Kier alpha value is -1.85. The molecule has 0 radical (unpaired) electrons. The van der Waals surface area contributed by atoms with Crippen molar-refractivity contribution in [1.29, 1.82) is 0 Å². The van der Waals surface area contributed by atoms with Crippen LogP contribution in [-0.4, -0.2) is 35.3 Å². The van der Waals surface area contributed by atoms with E-state index in [1.807, 2.05) is 29.2 Å². The molecule has 0 unspecified atom stereocenters. The second kappa shape index (κ2) is 9.77. The van der Waals surface area contributed by atoms with Gasteiger partial charge >= 0.3 is 0 Å². The summed E-state index contributed by atoms with van der Waals surface area (Å²) in [5, 5.41) is 9.19. The quantitative estimate of drug-likeness (QED) is 0.781. The summed E-state index contributed by atoms with van der Waals surface area (Å²) in [7, 11) is 0. The zero-order valence-corrected chi connectivity index (χ0v) is 17.2. The molecular formula is C24H33NO4. The van der Waals surface area contributed by atoms with Crippen molar-refractivity contribution >= 4 is 5.91 Å². The van der Waals surface area contributed by atoms with Crippen LogP contribution in [0.2, 0.25) is 0 Å². The van der Waals surface area contributed by atoms with Gasteiger partial charge in [-0.2, -0.15) is 0 Å². The lowest BCUT2D eigenvalue weighted by molar-refractivity contribution is -0.160. The van der Waals surface area contributed by atoms with Crippen LogP contribution in [0.25, 0.3) is 0 Å². The van der Waals surface area contributed by atoms with Crippen LogP contribution in [0.15, 0.2) is 36.1 Å². The number of aliphatic hydroxyl groups excluding tert-OH is 1. The van der Waals surface area contributed by atoms with Crippen LogP contribution < -0.4 is 0 Å². The molecule has 2 fully saturated rings. The molecule has 2 heterocycles. The molecule has 1 saturated heterocycles. The van der Waals surface area contributed by atoms with Gasteiger partial charge in [-0.25, -0.2) is 0 Å². The zero-order valence-electron chi connectivity index (χ0n) is 17.2. The van der Waals surface area contributed by atoms with E-state index in [2.05, 4.69) is 6.08 Å². The molecule has 29 heavy (non-hydrogen) atoms. The van der Waals surface area contributed by atoms with Crippen molar-refractivity contribution in [2.45, 2.75) is 70.9 Å². The van der Waals surface area contributed by atoms with Gasteiger partial charge < -0.3 is 19.5 Å². The standard InChI is InChI=1S/C24H33NO4/c26-16-18-8-10-19(11-9-18)17-28-23-15-21(20-6-2-3-7-20)14-22(29-23)24(27)25-12-4-1-5-13-25/h8-11,14,20-21,23,26H,1-7,12-13,15-17H2/t21-,23+/m1/s1. The van der Waals surface area contributed by atoms with Crippen molar-refractivity contribution in [2.75, 3.05) is 13.1 Å². The molecule has 1 saturated carbocycles. The van der Waals surface area contributed by atoms with Crippen molar-refractivity contribution in [3.63, 3.8) is 0 Å². The number of ether oxygens (including phenoxy) is 2. The van der Waals surface area contributed by atoms with Gasteiger partial charge in [-0.05, 0) is 61.1 Å². The van der Waals surface area contributed by atoms with Crippen LogP contribution >= 0.6 is 0 Å². The molecule has 2 atom stereocenters. The Kier molecular flexibility index (Phi) is 6.88. The van der Waals surface area contributed by atoms with Gasteiger partial charge in [0.2, 0.25) is 6.29 Å². The highest BCUT2D eigenvalue weighted by Crippen LogP contribution is 2.38.